The van der Waals surface area contributed by atoms with Crippen LogP contribution in [0.1, 0.15) is 79.1 Å². The van der Waals surface area contributed by atoms with Gasteiger partial charge in [0.05, 0.1) is 0 Å². The zero-order valence-electron chi connectivity index (χ0n) is 21.7. The van der Waals surface area contributed by atoms with Crippen LogP contribution < -0.4 is 0 Å². The van der Waals surface area contributed by atoms with Crippen molar-refractivity contribution in [2.75, 3.05) is 26.2 Å². The van der Waals surface area contributed by atoms with Gasteiger partial charge in [0.15, 0.2) is 0 Å². The molecule has 0 aromatic heterocycles. The van der Waals surface area contributed by atoms with E-state index >= 15 is 0 Å². The number of carbonyl (C=O) groups excluding carboxylic acids is 1. The molecule has 184 valence electrons. The number of rotatable bonds is 14. The van der Waals surface area contributed by atoms with Gasteiger partial charge in [-0.25, -0.2) is 0 Å². The minimum absolute atomic E-state index is 0.196. The van der Waals surface area contributed by atoms with Gasteiger partial charge in [0, 0.05) is 38.1 Å². The predicted molar refractivity (Wildman–Crippen MR) is 145 cm³/mol. The molecular formula is C30H48N2O. The van der Waals surface area contributed by atoms with Crippen molar-refractivity contribution in [3.05, 3.63) is 72.9 Å². The second-order valence-corrected chi connectivity index (χ2v) is 9.49. The van der Waals surface area contributed by atoms with Crippen LogP contribution in [0, 0.1) is 0 Å². The largest absolute Gasteiger partial charge is 0.340 e. The summed E-state index contributed by atoms with van der Waals surface area (Å²) in [5, 5.41) is 0. The van der Waals surface area contributed by atoms with E-state index in [0.717, 1.165) is 71.1 Å². The Balaban J connectivity index is 2.02. The van der Waals surface area contributed by atoms with E-state index in [1.165, 1.54) is 0 Å². The molecule has 0 aromatic rings. The summed E-state index contributed by atoms with van der Waals surface area (Å²) < 4.78 is 0. The summed E-state index contributed by atoms with van der Waals surface area (Å²) in [5.74, 6) is 0.295. The van der Waals surface area contributed by atoms with Gasteiger partial charge < -0.3 is 4.90 Å². The van der Waals surface area contributed by atoms with Gasteiger partial charge in [-0.2, -0.15) is 0 Å². The van der Waals surface area contributed by atoms with Gasteiger partial charge in [-0.15, -0.1) is 0 Å². The summed E-state index contributed by atoms with van der Waals surface area (Å²) in [5.41, 5.74) is 0.196. The second kappa shape index (κ2) is 18.3. The highest BCUT2D eigenvalue weighted by molar-refractivity contribution is 5.76. The van der Waals surface area contributed by atoms with E-state index in [4.69, 9.17) is 0 Å². The first kappa shape index (κ1) is 28.9. The Morgan fingerprint density at radius 2 is 1.03 bits per heavy atom. The lowest BCUT2D eigenvalue weighted by molar-refractivity contribution is -0.133. The highest BCUT2D eigenvalue weighted by Crippen LogP contribution is 2.16. The average Bonchev–Trinajstić information content (AvgIpc) is 2.80. The maximum absolute atomic E-state index is 12.4. The fourth-order valence-electron chi connectivity index (χ4n) is 3.63. The zero-order chi connectivity index (χ0) is 24.2. The molecule has 1 saturated heterocycles. The third kappa shape index (κ3) is 15.4. The first-order valence-electron chi connectivity index (χ1n) is 12.9. The molecule has 3 nitrogen and oxygen atoms in total. The predicted octanol–water partition coefficient (Wildman–Crippen LogP) is 7.41. The SMILES string of the molecule is CC/C=C\C/C=C\C/C=C\C/C=C\C/C=C\C/C=C\CCC(=O)N1CCN(C(C)(C)C)CC1. The molecule has 0 bridgehead atoms. The van der Waals surface area contributed by atoms with E-state index in [1.54, 1.807) is 0 Å². The number of allylic oxidation sites excluding steroid dienone is 12. The molecule has 1 heterocycles. The van der Waals surface area contributed by atoms with E-state index in [1.807, 2.05) is 4.90 Å². The summed E-state index contributed by atoms with van der Waals surface area (Å²) in [7, 11) is 0. The lowest BCUT2D eigenvalue weighted by atomic mass is 10.0. The Bertz CT molecular complexity index is 681. The molecule has 1 aliphatic rings. The van der Waals surface area contributed by atoms with E-state index < -0.39 is 0 Å². The summed E-state index contributed by atoms with van der Waals surface area (Å²) in [6.07, 6.45) is 34.0. The molecule has 1 fully saturated rings. The molecular weight excluding hydrogens is 404 g/mol. The van der Waals surface area contributed by atoms with Crippen molar-refractivity contribution < 1.29 is 4.79 Å². The summed E-state index contributed by atoms with van der Waals surface area (Å²) in [6, 6.07) is 0. The van der Waals surface area contributed by atoms with Crippen molar-refractivity contribution in [1.82, 2.24) is 9.80 Å². The van der Waals surface area contributed by atoms with E-state index in [0.29, 0.717) is 12.3 Å². The third-order valence-corrected chi connectivity index (χ3v) is 5.70. The number of hydrogen-bond donors (Lipinski definition) is 0. The van der Waals surface area contributed by atoms with Crippen molar-refractivity contribution >= 4 is 5.91 Å². The lowest BCUT2D eigenvalue weighted by Gasteiger charge is -2.42. The molecule has 0 aromatic carbocycles. The maximum atomic E-state index is 12.4. The molecule has 1 amide bonds. The van der Waals surface area contributed by atoms with Crippen LogP contribution in [0.3, 0.4) is 0 Å². The van der Waals surface area contributed by atoms with Crippen LogP contribution >= 0.6 is 0 Å². The Morgan fingerprint density at radius 3 is 1.42 bits per heavy atom. The molecule has 33 heavy (non-hydrogen) atoms. The molecule has 1 rings (SSSR count). The minimum atomic E-state index is 0.196. The summed E-state index contributed by atoms with van der Waals surface area (Å²) in [6.45, 7) is 12.6. The van der Waals surface area contributed by atoms with Crippen LogP contribution in [0.2, 0.25) is 0 Å². The van der Waals surface area contributed by atoms with Crippen molar-refractivity contribution in [3.63, 3.8) is 0 Å². The maximum Gasteiger partial charge on any atom is 0.222 e. The normalized spacial score (nSPS) is 16.8. The van der Waals surface area contributed by atoms with Crippen molar-refractivity contribution in [1.29, 1.82) is 0 Å². The van der Waals surface area contributed by atoms with Gasteiger partial charge >= 0.3 is 0 Å². The number of carbonyl (C=O) groups is 1. The molecule has 0 saturated carbocycles. The molecule has 0 atom stereocenters. The van der Waals surface area contributed by atoms with E-state index in [-0.39, 0.29) is 5.54 Å². The Hall–Kier alpha value is -2.13. The number of nitrogens with zero attached hydrogens (tertiary/aromatic N) is 2. The zero-order valence-corrected chi connectivity index (χ0v) is 21.7. The van der Waals surface area contributed by atoms with Crippen LogP contribution in [-0.2, 0) is 4.79 Å². The van der Waals surface area contributed by atoms with E-state index in [2.05, 4.69) is 106 Å². The fraction of sp³-hybridized carbons (Fsp3) is 0.567. The Labute approximate surface area is 204 Å². The van der Waals surface area contributed by atoms with Crippen LogP contribution in [-0.4, -0.2) is 47.4 Å². The monoisotopic (exact) mass is 452 g/mol. The molecule has 1 aliphatic heterocycles. The van der Waals surface area contributed by atoms with Gasteiger partial charge in [0.1, 0.15) is 0 Å². The highest BCUT2D eigenvalue weighted by Gasteiger charge is 2.27. The smallest absolute Gasteiger partial charge is 0.222 e. The number of piperazine rings is 1. The number of amides is 1. The quantitative estimate of drug-likeness (QED) is 0.256. The number of hydrogen-bond acceptors (Lipinski definition) is 2. The standard InChI is InChI=1S/C30H48N2O/c1-5-6-7-8-9-10-11-12-13-14-15-16-17-18-19-20-21-22-23-24-29(33)31-25-27-32(28-26-31)30(2,3)4/h6-7,9-10,12-13,15-16,18-19,21-22H,5,8,11,14,17,20,23-28H2,1-4H3/b7-6-,10-9-,13-12-,16-15-,19-18-,22-21-. The van der Waals surface area contributed by atoms with Gasteiger partial charge in [-0.1, -0.05) is 79.8 Å². The first-order valence-corrected chi connectivity index (χ1v) is 12.9. The van der Waals surface area contributed by atoms with Gasteiger partial charge in [0.25, 0.3) is 0 Å². The van der Waals surface area contributed by atoms with Crippen molar-refractivity contribution in [2.24, 2.45) is 0 Å². The van der Waals surface area contributed by atoms with Crippen LogP contribution in [0.4, 0.5) is 0 Å². The molecule has 0 unspecified atom stereocenters. The Kier molecular flexibility index (Phi) is 16.0. The van der Waals surface area contributed by atoms with Crippen LogP contribution in [0.15, 0.2) is 72.9 Å². The van der Waals surface area contributed by atoms with Crippen LogP contribution in [0.25, 0.3) is 0 Å². The topological polar surface area (TPSA) is 23.6 Å². The molecule has 3 heteroatoms. The van der Waals surface area contributed by atoms with Gasteiger partial charge in [-0.3, -0.25) is 9.69 Å². The van der Waals surface area contributed by atoms with Crippen molar-refractivity contribution in [3.8, 4) is 0 Å². The van der Waals surface area contributed by atoms with Gasteiger partial charge in [-0.05, 0) is 65.7 Å². The van der Waals surface area contributed by atoms with E-state index in [9.17, 15) is 4.79 Å². The second-order valence-electron chi connectivity index (χ2n) is 9.49. The summed E-state index contributed by atoms with van der Waals surface area (Å²) >= 11 is 0. The first-order chi connectivity index (χ1) is 15.9. The third-order valence-electron chi connectivity index (χ3n) is 5.70. The Morgan fingerprint density at radius 1 is 0.636 bits per heavy atom. The van der Waals surface area contributed by atoms with Gasteiger partial charge in [0.2, 0.25) is 5.91 Å². The summed E-state index contributed by atoms with van der Waals surface area (Å²) in [4.78, 5) is 16.9. The molecule has 0 N–H and O–H groups in total. The molecule has 0 aliphatic carbocycles. The van der Waals surface area contributed by atoms with Crippen LogP contribution in [0.5, 0.6) is 0 Å². The highest BCUT2D eigenvalue weighted by atomic mass is 16.2. The van der Waals surface area contributed by atoms with Crippen molar-refractivity contribution in [2.45, 2.75) is 84.6 Å². The molecule has 0 radical (unpaired) electrons. The average molecular weight is 453 g/mol. The minimum Gasteiger partial charge on any atom is -0.340 e. The fourth-order valence-corrected chi connectivity index (χ4v) is 3.63. The lowest BCUT2D eigenvalue weighted by Crippen LogP contribution is -2.54. The molecule has 0 spiro atoms.